The van der Waals surface area contributed by atoms with E-state index in [1.807, 2.05) is 60.7 Å². The number of carbonyl (C=O) groups excluding carboxylic acids is 3. The Morgan fingerprint density at radius 2 is 1.48 bits per heavy atom. The number of urea groups is 1. The van der Waals surface area contributed by atoms with E-state index in [0.29, 0.717) is 0 Å². The van der Waals surface area contributed by atoms with Crippen LogP contribution in [0.5, 0.6) is 0 Å². The van der Waals surface area contributed by atoms with Gasteiger partial charge >= 0.3 is 18.1 Å². The Labute approximate surface area is 182 Å². The Hall–Kier alpha value is -3.55. The third-order valence-electron chi connectivity index (χ3n) is 4.12. The molecule has 2 aromatic rings. The SMILES string of the molecule is COC(=O)[C@H](Cc1ccccc1)NC(=O)N(Cc1ccccc1)NC(=O)OC(C)(C)C. The molecule has 8 heteroatoms. The van der Waals surface area contributed by atoms with Crippen LogP contribution in [0.2, 0.25) is 0 Å². The zero-order valence-corrected chi connectivity index (χ0v) is 18.3. The van der Waals surface area contributed by atoms with E-state index in [-0.39, 0.29) is 13.0 Å². The molecule has 0 fully saturated rings. The summed E-state index contributed by atoms with van der Waals surface area (Å²) in [7, 11) is 1.26. The Morgan fingerprint density at radius 3 is 2.00 bits per heavy atom. The molecule has 0 saturated heterocycles. The number of hydrogen-bond acceptors (Lipinski definition) is 5. The molecule has 1 atom stereocenters. The molecule has 8 nitrogen and oxygen atoms in total. The highest BCUT2D eigenvalue weighted by molar-refractivity contribution is 5.84. The van der Waals surface area contributed by atoms with Crippen LogP contribution < -0.4 is 10.7 Å². The molecule has 2 N–H and O–H groups in total. The summed E-state index contributed by atoms with van der Waals surface area (Å²) < 4.78 is 10.1. The highest BCUT2D eigenvalue weighted by Crippen LogP contribution is 2.10. The van der Waals surface area contributed by atoms with Gasteiger partial charge in [-0.05, 0) is 31.9 Å². The highest BCUT2D eigenvalue weighted by atomic mass is 16.6. The normalized spacial score (nSPS) is 11.7. The van der Waals surface area contributed by atoms with Gasteiger partial charge in [0.1, 0.15) is 11.6 Å². The fourth-order valence-electron chi connectivity index (χ4n) is 2.75. The van der Waals surface area contributed by atoms with E-state index in [1.165, 1.54) is 7.11 Å². The lowest BCUT2D eigenvalue weighted by atomic mass is 10.1. The summed E-state index contributed by atoms with van der Waals surface area (Å²) in [5.74, 6) is -0.589. The van der Waals surface area contributed by atoms with Crippen molar-refractivity contribution in [1.29, 1.82) is 0 Å². The minimum Gasteiger partial charge on any atom is -0.467 e. The molecule has 0 bridgehead atoms. The number of nitrogens with zero attached hydrogens (tertiary/aromatic N) is 1. The van der Waals surface area contributed by atoms with Gasteiger partial charge in [-0.15, -0.1) is 0 Å². The standard InChI is InChI=1S/C23H29N3O5/c1-23(2,3)31-22(29)25-26(16-18-13-9-6-10-14-18)21(28)24-19(20(27)30-4)15-17-11-7-5-8-12-17/h5-14,19H,15-16H2,1-4H3,(H,24,28)(H,25,29)/t19-/m0/s1. The van der Waals surface area contributed by atoms with Crippen LogP contribution in [0.15, 0.2) is 60.7 Å². The fraction of sp³-hybridized carbons (Fsp3) is 0.348. The second-order valence-electron chi connectivity index (χ2n) is 7.90. The van der Waals surface area contributed by atoms with Crippen LogP contribution in [-0.2, 0) is 27.2 Å². The first kappa shape index (κ1) is 23.7. The van der Waals surface area contributed by atoms with Gasteiger partial charge in [-0.1, -0.05) is 60.7 Å². The van der Waals surface area contributed by atoms with Crippen LogP contribution in [0.1, 0.15) is 31.9 Å². The quantitative estimate of drug-likeness (QED) is 0.544. The van der Waals surface area contributed by atoms with E-state index >= 15 is 0 Å². The lowest BCUT2D eigenvalue weighted by Gasteiger charge is -2.28. The third-order valence-corrected chi connectivity index (χ3v) is 4.12. The molecule has 166 valence electrons. The van der Waals surface area contributed by atoms with Gasteiger partial charge in [0.25, 0.3) is 0 Å². The number of esters is 1. The molecule has 0 radical (unpaired) electrons. The van der Waals surface area contributed by atoms with Crippen molar-refractivity contribution in [2.45, 2.75) is 45.4 Å². The summed E-state index contributed by atoms with van der Waals surface area (Å²) in [5, 5.41) is 3.72. The monoisotopic (exact) mass is 427 g/mol. The number of amides is 3. The summed E-state index contributed by atoms with van der Waals surface area (Å²) in [4.78, 5) is 37.6. The Kier molecular flexibility index (Phi) is 8.43. The molecule has 0 unspecified atom stereocenters. The lowest BCUT2D eigenvalue weighted by molar-refractivity contribution is -0.142. The molecule has 2 rings (SSSR count). The molecule has 31 heavy (non-hydrogen) atoms. The summed E-state index contributed by atoms with van der Waals surface area (Å²) in [6.45, 7) is 5.25. The van der Waals surface area contributed by atoms with E-state index in [2.05, 4.69) is 10.7 Å². The Bertz CT molecular complexity index is 866. The fourth-order valence-corrected chi connectivity index (χ4v) is 2.75. The van der Waals surface area contributed by atoms with Gasteiger partial charge in [0.15, 0.2) is 0 Å². The van der Waals surface area contributed by atoms with Crippen molar-refractivity contribution in [3.05, 3.63) is 71.8 Å². The molecule has 0 aliphatic carbocycles. The lowest BCUT2D eigenvalue weighted by Crippen LogP contribution is -2.55. The van der Waals surface area contributed by atoms with Gasteiger partial charge in [0.2, 0.25) is 0 Å². The van der Waals surface area contributed by atoms with E-state index < -0.39 is 29.7 Å². The van der Waals surface area contributed by atoms with E-state index in [4.69, 9.17) is 9.47 Å². The van der Waals surface area contributed by atoms with Crippen molar-refractivity contribution in [3.8, 4) is 0 Å². The number of benzene rings is 2. The topological polar surface area (TPSA) is 97.0 Å². The molecule has 0 aliphatic rings. The largest absolute Gasteiger partial charge is 0.467 e. The average molecular weight is 428 g/mol. The van der Waals surface area contributed by atoms with Gasteiger partial charge in [0.05, 0.1) is 13.7 Å². The minimum absolute atomic E-state index is 0.0745. The second-order valence-corrected chi connectivity index (χ2v) is 7.90. The number of nitrogens with one attached hydrogen (secondary N) is 2. The number of hydrazine groups is 1. The first-order chi connectivity index (χ1) is 14.7. The van der Waals surface area contributed by atoms with Crippen LogP contribution in [-0.4, -0.2) is 41.9 Å². The van der Waals surface area contributed by atoms with E-state index in [0.717, 1.165) is 16.1 Å². The van der Waals surface area contributed by atoms with Crippen molar-refractivity contribution in [1.82, 2.24) is 15.8 Å². The first-order valence-corrected chi connectivity index (χ1v) is 9.91. The number of carbonyl (C=O) groups is 3. The van der Waals surface area contributed by atoms with Crippen LogP contribution in [0, 0.1) is 0 Å². The molecule has 2 aromatic carbocycles. The molecule has 0 spiro atoms. The van der Waals surface area contributed by atoms with Crippen LogP contribution >= 0.6 is 0 Å². The van der Waals surface area contributed by atoms with Crippen molar-refractivity contribution < 1.29 is 23.9 Å². The minimum atomic E-state index is -0.932. The molecule has 0 saturated carbocycles. The van der Waals surface area contributed by atoms with Gasteiger partial charge in [-0.3, -0.25) is 0 Å². The van der Waals surface area contributed by atoms with E-state index in [9.17, 15) is 14.4 Å². The van der Waals surface area contributed by atoms with Gasteiger partial charge < -0.3 is 14.8 Å². The van der Waals surface area contributed by atoms with Crippen LogP contribution in [0.4, 0.5) is 9.59 Å². The maximum Gasteiger partial charge on any atom is 0.426 e. The van der Waals surface area contributed by atoms with Crippen molar-refractivity contribution >= 4 is 18.1 Å². The van der Waals surface area contributed by atoms with Crippen molar-refractivity contribution in [3.63, 3.8) is 0 Å². The number of ether oxygens (including phenoxy) is 2. The predicted molar refractivity (Wildman–Crippen MR) is 116 cm³/mol. The predicted octanol–water partition coefficient (Wildman–Crippen LogP) is 3.42. The third kappa shape index (κ3) is 8.38. The summed E-state index contributed by atoms with van der Waals surface area (Å²) in [6, 6.07) is 16.8. The summed E-state index contributed by atoms with van der Waals surface area (Å²) >= 11 is 0. The second kappa shape index (κ2) is 11.0. The highest BCUT2D eigenvalue weighted by Gasteiger charge is 2.27. The molecule has 0 aromatic heterocycles. The van der Waals surface area contributed by atoms with Crippen molar-refractivity contribution in [2.75, 3.05) is 7.11 Å². The Morgan fingerprint density at radius 1 is 0.935 bits per heavy atom. The zero-order valence-electron chi connectivity index (χ0n) is 18.3. The van der Waals surface area contributed by atoms with Crippen molar-refractivity contribution in [2.24, 2.45) is 0 Å². The summed E-state index contributed by atoms with van der Waals surface area (Å²) in [6.07, 6.45) is -0.540. The Balaban J connectivity index is 2.17. The van der Waals surface area contributed by atoms with Crippen LogP contribution in [0.3, 0.4) is 0 Å². The maximum atomic E-state index is 13.0. The van der Waals surface area contributed by atoms with Crippen LogP contribution in [0.25, 0.3) is 0 Å². The molecule has 0 heterocycles. The van der Waals surface area contributed by atoms with Gasteiger partial charge in [0, 0.05) is 6.42 Å². The smallest absolute Gasteiger partial charge is 0.426 e. The molecular weight excluding hydrogens is 398 g/mol. The zero-order chi connectivity index (χ0) is 22.9. The van der Waals surface area contributed by atoms with Gasteiger partial charge in [-0.25, -0.2) is 24.8 Å². The molecular formula is C23H29N3O5. The summed E-state index contributed by atoms with van der Waals surface area (Å²) in [5.41, 5.74) is 3.36. The van der Waals surface area contributed by atoms with E-state index in [1.54, 1.807) is 20.8 Å². The van der Waals surface area contributed by atoms with Gasteiger partial charge in [-0.2, -0.15) is 0 Å². The molecule has 3 amide bonds. The number of rotatable bonds is 6. The first-order valence-electron chi connectivity index (χ1n) is 9.91. The number of hydrogen-bond donors (Lipinski definition) is 2. The maximum absolute atomic E-state index is 13.0. The molecule has 0 aliphatic heterocycles. The average Bonchev–Trinajstić information content (AvgIpc) is 2.72. The number of methoxy groups -OCH3 is 1.